The first-order valence-electron chi connectivity index (χ1n) is 8.29. The molecule has 2 aromatic carbocycles. The van der Waals surface area contributed by atoms with Crippen LogP contribution in [0.1, 0.15) is 28.9 Å². The SMILES string of the molecule is CC(Nc1ncnc(NNC(=O)c2ccccc2F)c1N)c1ccccc1. The highest BCUT2D eigenvalue weighted by Gasteiger charge is 2.14. The van der Waals surface area contributed by atoms with E-state index in [-0.39, 0.29) is 23.1 Å². The lowest BCUT2D eigenvalue weighted by Crippen LogP contribution is -2.31. The largest absolute Gasteiger partial charge is 0.393 e. The maximum atomic E-state index is 13.7. The molecule has 27 heavy (non-hydrogen) atoms. The van der Waals surface area contributed by atoms with Gasteiger partial charge in [-0.05, 0) is 24.6 Å². The number of rotatable bonds is 6. The highest BCUT2D eigenvalue weighted by Crippen LogP contribution is 2.26. The number of nitrogens with zero attached hydrogens (tertiary/aromatic N) is 2. The summed E-state index contributed by atoms with van der Waals surface area (Å²) in [5.41, 5.74) is 12.3. The Labute approximate surface area is 155 Å². The first kappa shape index (κ1) is 18.1. The van der Waals surface area contributed by atoms with Crippen LogP contribution in [-0.4, -0.2) is 15.9 Å². The summed E-state index contributed by atoms with van der Waals surface area (Å²) in [6.45, 7) is 1.98. The third-order valence-corrected chi connectivity index (χ3v) is 3.95. The summed E-state index contributed by atoms with van der Waals surface area (Å²) < 4.78 is 13.7. The number of hydrazine groups is 1. The number of halogens is 1. The molecule has 0 aliphatic heterocycles. The van der Waals surface area contributed by atoms with Crippen LogP contribution >= 0.6 is 0 Å². The molecule has 0 bridgehead atoms. The van der Waals surface area contributed by atoms with Crippen molar-refractivity contribution in [2.75, 3.05) is 16.5 Å². The van der Waals surface area contributed by atoms with Crippen LogP contribution in [0.15, 0.2) is 60.9 Å². The van der Waals surface area contributed by atoms with Gasteiger partial charge < -0.3 is 11.1 Å². The topological polar surface area (TPSA) is 105 Å². The fraction of sp³-hybridized carbons (Fsp3) is 0.105. The normalized spacial score (nSPS) is 11.5. The smallest absolute Gasteiger partial charge is 0.272 e. The van der Waals surface area contributed by atoms with Crippen molar-refractivity contribution >= 4 is 23.2 Å². The van der Waals surface area contributed by atoms with Gasteiger partial charge in [0.1, 0.15) is 17.8 Å². The second-order valence-corrected chi connectivity index (χ2v) is 5.82. The van der Waals surface area contributed by atoms with Crippen molar-refractivity contribution in [2.24, 2.45) is 0 Å². The Morgan fingerprint density at radius 2 is 1.70 bits per heavy atom. The van der Waals surface area contributed by atoms with E-state index in [9.17, 15) is 9.18 Å². The van der Waals surface area contributed by atoms with Crippen LogP contribution in [0.25, 0.3) is 0 Å². The molecule has 1 heterocycles. The fourth-order valence-corrected chi connectivity index (χ4v) is 2.47. The number of carbonyl (C=O) groups is 1. The van der Waals surface area contributed by atoms with E-state index in [1.807, 2.05) is 37.3 Å². The average molecular weight is 366 g/mol. The summed E-state index contributed by atoms with van der Waals surface area (Å²) in [7, 11) is 0. The molecule has 3 rings (SSSR count). The Kier molecular flexibility index (Phi) is 5.46. The Morgan fingerprint density at radius 3 is 2.44 bits per heavy atom. The number of nitrogens with one attached hydrogen (secondary N) is 3. The predicted molar refractivity (Wildman–Crippen MR) is 102 cm³/mol. The van der Waals surface area contributed by atoms with Gasteiger partial charge in [0.05, 0.1) is 11.6 Å². The van der Waals surface area contributed by atoms with Crippen molar-refractivity contribution in [3.8, 4) is 0 Å². The van der Waals surface area contributed by atoms with Crippen molar-refractivity contribution in [1.82, 2.24) is 15.4 Å². The van der Waals surface area contributed by atoms with Gasteiger partial charge in [-0.3, -0.25) is 15.6 Å². The Morgan fingerprint density at radius 1 is 1.04 bits per heavy atom. The van der Waals surface area contributed by atoms with Crippen LogP contribution in [-0.2, 0) is 0 Å². The van der Waals surface area contributed by atoms with Crippen molar-refractivity contribution in [3.63, 3.8) is 0 Å². The molecule has 1 atom stereocenters. The number of hydrogen-bond acceptors (Lipinski definition) is 6. The molecule has 5 N–H and O–H groups in total. The molecule has 0 spiro atoms. The molecular weight excluding hydrogens is 347 g/mol. The minimum atomic E-state index is -0.640. The average Bonchev–Trinajstić information content (AvgIpc) is 2.69. The number of aromatic nitrogens is 2. The molecule has 3 aromatic rings. The van der Waals surface area contributed by atoms with Gasteiger partial charge in [-0.25, -0.2) is 14.4 Å². The van der Waals surface area contributed by atoms with Gasteiger partial charge >= 0.3 is 0 Å². The third kappa shape index (κ3) is 4.30. The van der Waals surface area contributed by atoms with Gasteiger partial charge in [0.2, 0.25) is 0 Å². The minimum Gasteiger partial charge on any atom is -0.393 e. The summed E-state index contributed by atoms with van der Waals surface area (Å²) in [6.07, 6.45) is 1.31. The molecule has 0 aliphatic rings. The van der Waals surface area contributed by atoms with E-state index in [0.717, 1.165) is 5.56 Å². The van der Waals surface area contributed by atoms with Gasteiger partial charge in [-0.15, -0.1) is 0 Å². The van der Waals surface area contributed by atoms with Crippen molar-refractivity contribution in [1.29, 1.82) is 0 Å². The highest BCUT2D eigenvalue weighted by molar-refractivity contribution is 5.95. The van der Waals surface area contributed by atoms with Crippen LogP contribution in [0.5, 0.6) is 0 Å². The first-order chi connectivity index (χ1) is 13.1. The summed E-state index contributed by atoms with van der Waals surface area (Å²) in [5.74, 6) is -0.633. The number of nitrogen functional groups attached to an aromatic ring is 1. The van der Waals surface area contributed by atoms with E-state index in [1.165, 1.54) is 24.5 Å². The summed E-state index contributed by atoms with van der Waals surface area (Å²) in [6, 6.07) is 15.4. The van der Waals surface area contributed by atoms with Crippen molar-refractivity contribution < 1.29 is 9.18 Å². The molecule has 8 heteroatoms. The van der Waals surface area contributed by atoms with Crippen LogP contribution in [0.2, 0.25) is 0 Å². The molecular formula is C19H19FN6O. The Balaban J connectivity index is 1.70. The minimum absolute atomic E-state index is 0.0377. The monoisotopic (exact) mass is 366 g/mol. The number of benzene rings is 2. The first-order valence-corrected chi connectivity index (χ1v) is 8.29. The highest BCUT2D eigenvalue weighted by atomic mass is 19.1. The molecule has 1 aromatic heterocycles. The van der Waals surface area contributed by atoms with Gasteiger partial charge in [0, 0.05) is 0 Å². The van der Waals surface area contributed by atoms with Crippen LogP contribution in [0.3, 0.4) is 0 Å². The molecule has 1 unspecified atom stereocenters. The summed E-state index contributed by atoms with van der Waals surface area (Å²) >= 11 is 0. The lowest BCUT2D eigenvalue weighted by molar-refractivity contribution is 0.0958. The standard InChI is InChI=1S/C19H19FN6O/c1-12(13-7-3-2-4-8-13)24-17-16(21)18(23-11-22-17)25-26-19(27)14-9-5-6-10-15(14)20/h2-12H,21H2,1H3,(H,26,27)(H2,22,23,24,25). The lowest BCUT2D eigenvalue weighted by atomic mass is 10.1. The van der Waals surface area contributed by atoms with Gasteiger partial charge in [0.25, 0.3) is 5.91 Å². The Bertz CT molecular complexity index is 934. The third-order valence-electron chi connectivity index (χ3n) is 3.95. The fourth-order valence-electron chi connectivity index (χ4n) is 2.47. The number of hydrogen-bond donors (Lipinski definition) is 4. The molecule has 0 fully saturated rings. The predicted octanol–water partition coefficient (Wildman–Crippen LogP) is 3.13. The van der Waals surface area contributed by atoms with Crippen LogP contribution in [0, 0.1) is 5.82 Å². The number of nitrogens with two attached hydrogens (primary N) is 1. The van der Waals surface area contributed by atoms with E-state index < -0.39 is 11.7 Å². The molecule has 0 saturated heterocycles. The maximum absolute atomic E-state index is 13.7. The van der Waals surface area contributed by atoms with Gasteiger partial charge in [0.15, 0.2) is 11.6 Å². The number of amides is 1. The quantitative estimate of drug-likeness (QED) is 0.500. The van der Waals surface area contributed by atoms with E-state index in [4.69, 9.17) is 5.73 Å². The summed E-state index contributed by atoms with van der Waals surface area (Å²) in [4.78, 5) is 20.2. The number of anilines is 3. The lowest BCUT2D eigenvalue weighted by Gasteiger charge is -2.17. The van der Waals surface area contributed by atoms with E-state index in [0.29, 0.717) is 5.82 Å². The van der Waals surface area contributed by atoms with E-state index in [1.54, 1.807) is 6.07 Å². The molecule has 0 radical (unpaired) electrons. The zero-order valence-electron chi connectivity index (χ0n) is 14.6. The summed E-state index contributed by atoms with van der Waals surface area (Å²) in [5, 5.41) is 3.21. The molecule has 7 nitrogen and oxygen atoms in total. The second-order valence-electron chi connectivity index (χ2n) is 5.82. The van der Waals surface area contributed by atoms with Crippen LogP contribution in [0.4, 0.5) is 21.7 Å². The zero-order chi connectivity index (χ0) is 19.2. The van der Waals surface area contributed by atoms with Crippen molar-refractivity contribution in [2.45, 2.75) is 13.0 Å². The Hall–Kier alpha value is -3.68. The number of carbonyl (C=O) groups excluding carboxylic acids is 1. The van der Waals surface area contributed by atoms with Crippen molar-refractivity contribution in [3.05, 3.63) is 77.9 Å². The van der Waals surface area contributed by atoms with Gasteiger partial charge in [-0.1, -0.05) is 42.5 Å². The second kappa shape index (κ2) is 8.13. The molecule has 0 saturated carbocycles. The molecule has 138 valence electrons. The molecule has 0 aliphatic carbocycles. The van der Waals surface area contributed by atoms with Crippen LogP contribution < -0.4 is 21.9 Å². The maximum Gasteiger partial charge on any atom is 0.272 e. The van der Waals surface area contributed by atoms with E-state index >= 15 is 0 Å². The zero-order valence-corrected chi connectivity index (χ0v) is 14.6. The van der Waals surface area contributed by atoms with Gasteiger partial charge in [-0.2, -0.15) is 0 Å². The molecule has 1 amide bonds. The van der Waals surface area contributed by atoms with E-state index in [2.05, 4.69) is 26.1 Å².